The summed E-state index contributed by atoms with van der Waals surface area (Å²) in [6, 6.07) is 84.9. The second-order valence-electron chi connectivity index (χ2n) is 20.8. The minimum atomic E-state index is -0.910. The van der Waals surface area contributed by atoms with Gasteiger partial charge in [0.25, 0.3) is 0 Å². The Hall–Kier alpha value is -11.6. The van der Waals surface area contributed by atoms with Crippen LogP contribution >= 0.6 is 0 Å². The van der Waals surface area contributed by atoms with Gasteiger partial charge in [-0.15, -0.1) is 0 Å². The average molecular weight is 1180 g/mol. The molecule has 0 aliphatic heterocycles. The fourth-order valence-corrected chi connectivity index (χ4v) is 9.76. The van der Waals surface area contributed by atoms with Crippen molar-refractivity contribution in [2.75, 3.05) is 0 Å². The fourth-order valence-electron chi connectivity index (χ4n) is 9.76. The predicted octanol–water partition coefficient (Wildman–Crippen LogP) is 17.1. The lowest BCUT2D eigenvalue weighted by molar-refractivity contribution is 0.0658. The van der Waals surface area contributed by atoms with Crippen LogP contribution in [0.3, 0.4) is 0 Å². The number of rotatable bonds is 24. The van der Waals surface area contributed by atoms with Gasteiger partial charge in [0.05, 0.1) is 16.7 Å². The summed E-state index contributed by atoms with van der Waals surface area (Å²) in [6.07, 6.45) is 0. The molecule has 0 saturated carbocycles. The maximum atomic E-state index is 15.1. The van der Waals surface area contributed by atoms with Crippen LogP contribution in [0.4, 0.5) is 0 Å². The normalized spacial score (nSPS) is 10.9. The Morgan fingerprint density at radius 1 is 0.225 bits per heavy atom. The Bertz CT molecular complexity index is 4390. The van der Waals surface area contributed by atoms with Gasteiger partial charge in [-0.1, -0.05) is 206 Å². The van der Waals surface area contributed by atoms with Gasteiger partial charge in [-0.05, 0) is 122 Å². The zero-order chi connectivity index (χ0) is 60.6. The molecule has 12 rings (SSSR count). The van der Waals surface area contributed by atoms with Crippen LogP contribution in [0.5, 0.6) is 51.7 Å². The Kier molecular flexibility index (Phi) is 18.2. The van der Waals surface area contributed by atoms with E-state index in [4.69, 9.17) is 42.6 Å². The zero-order valence-corrected chi connectivity index (χ0v) is 48.2. The summed E-state index contributed by atoms with van der Waals surface area (Å²) in [5, 5.41) is 2.45. The third kappa shape index (κ3) is 14.9. The first-order valence-electron chi connectivity index (χ1n) is 28.9. The van der Waals surface area contributed by atoms with Gasteiger partial charge >= 0.3 is 17.9 Å². The molecule has 0 heterocycles. The second-order valence-corrected chi connectivity index (χ2v) is 20.8. The van der Waals surface area contributed by atoms with E-state index in [9.17, 15) is 4.79 Å². The van der Waals surface area contributed by atoms with Crippen molar-refractivity contribution in [1.82, 2.24) is 0 Å². The number of esters is 3. The summed E-state index contributed by atoms with van der Waals surface area (Å²) >= 11 is 0. The number of carbonyl (C=O) groups excluding carboxylic acids is 3. The van der Waals surface area contributed by atoms with Gasteiger partial charge in [-0.25, -0.2) is 14.4 Å². The van der Waals surface area contributed by atoms with Gasteiger partial charge in [0.1, 0.15) is 39.6 Å². The van der Waals surface area contributed by atoms with Crippen molar-refractivity contribution in [1.29, 1.82) is 0 Å². The lowest BCUT2D eigenvalue weighted by Gasteiger charge is -2.19. The van der Waals surface area contributed by atoms with Crippen LogP contribution in [0.1, 0.15) is 64.5 Å². The second kappa shape index (κ2) is 28.0. The first kappa shape index (κ1) is 57.8. The minimum Gasteiger partial charge on any atom is -0.485 e. The highest BCUT2D eigenvalue weighted by Gasteiger charge is 2.28. The molecule has 0 aromatic heterocycles. The lowest BCUT2D eigenvalue weighted by Crippen LogP contribution is -2.16. The first-order chi connectivity index (χ1) is 43.8. The van der Waals surface area contributed by atoms with Crippen LogP contribution in [-0.4, -0.2) is 17.9 Å². The van der Waals surface area contributed by atoms with E-state index in [1.54, 1.807) is 48.5 Å². The number of carbonyl (C=O) groups is 3. The highest BCUT2D eigenvalue weighted by molar-refractivity contribution is 6.06. The minimum absolute atomic E-state index is 0.0332. The van der Waals surface area contributed by atoms with Gasteiger partial charge in [-0.3, -0.25) is 0 Å². The number of benzene rings is 12. The molecule has 12 nitrogen and oxygen atoms in total. The molecule has 0 radical (unpaired) electrons. The van der Waals surface area contributed by atoms with Crippen molar-refractivity contribution in [2.45, 2.75) is 39.6 Å². The largest absolute Gasteiger partial charge is 0.485 e. The molecule has 0 atom stereocenters. The number of ether oxygens (including phenoxy) is 9. The highest BCUT2D eigenvalue weighted by Crippen LogP contribution is 2.47. The van der Waals surface area contributed by atoms with Crippen molar-refractivity contribution in [3.05, 3.63) is 329 Å². The van der Waals surface area contributed by atoms with Crippen LogP contribution in [0.2, 0.25) is 0 Å². The number of hydrogen-bond acceptors (Lipinski definition) is 12. The Morgan fingerprint density at radius 2 is 0.506 bits per heavy atom. The molecule has 0 aliphatic carbocycles. The van der Waals surface area contributed by atoms with Gasteiger partial charge in [0.15, 0.2) is 46.0 Å². The maximum absolute atomic E-state index is 15.1. The molecule has 0 N–H and O–H groups in total. The molecule has 12 heteroatoms. The summed E-state index contributed by atoms with van der Waals surface area (Å²) in [6.45, 7) is 1.15. The molecule has 89 heavy (non-hydrogen) atoms. The van der Waals surface area contributed by atoms with E-state index in [-0.39, 0.29) is 90.8 Å². The lowest BCUT2D eigenvalue weighted by atomic mass is 10.0. The molecule has 0 saturated heterocycles. The highest BCUT2D eigenvalue weighted by atomic mass is 16.6. The number of hydrogen-bond donors (Lipinski definition) is 0. The molecule has 12 aromatic rings. The molecule has 0 amide bonds. The van der Waals surface area contributed by atoms with Gasteiger partial charge in [0.2, 0.25) is 5.75 Å². The molecule has 0 spiro atoms. The Labute approximate surface area is 514 Å². The molecular formula is C77H58O12. The van der Waals surface area contributed by atoms with Gasteiger partial charge in [-0.2, -0.15) is 0 Å². The first-order valence-corrected chi connectivity index (χ1v) is 28.9. The predicted molar refractivity (Wildman–Crippen MR) is 340 cm³/mol. The summed E-state index contributed by atoms with van der Waals surface area (Å²) < 4.78 is 57.5. The summed E-state index contributed by atoms with van der Waals surface area (Å²) in [7, 11) is 0. The third-order valence-electron chi connectivity index (χ3n) is 14.4. The van der Waals surface area contributed by atoms with Crippen LogP contribution in [0.15, 0.2) is 279 Å². The van der Waals surface area contributed by atoms with Crippen LogP contribution in [-0.2, 0) is 39.6 Å². The van der Waals surface area contributed by atoms with Gasteiger partial charge < -0.3 is 42.6 Å². The quantitative estimate of drug-likeness (QED) is 0.0324. The van der Waals surface area contributed by atoms with Crippen molar-refractivity contribution < 1.29 is 57.0 Å². The zero-order valence-electron chi connectivity index (χ0n) is 48.2. The van der Waals surface area contributed by atoms with E-state index in [0.29, 0.717) is 28.0 Å². The molecule has 12 aromatic carbocycles. The van der Waals surface area contributed by atoms with E-state index in [1.807, 2.05) is 218 Å². The standard InChI is InChI=1S/C77H58O12/c78-75(61-35-38-66(81-47-53-21-7-1-8-22-53)69(43-61)84-50-56-27-13-4-14-28-56)87-72-46-64-41-59-33-19-20-34-60(59)42-65(64)73(88-76(79)62-36-39-67(82-48-54-23-9-2-10-24-54)70(44-62)85-51-57-29-15-5-16-30-57)74(72)89-77(80)63-37-40-68(83-49-55-25-11-3-12-26-55)71(45-63)86-52-58-31-17-6-18-32-58/h1-46H,47-52H2. The van der Waals surface area contributed by atoms with E-state index in [1.165, 1.54) is 12.1 Å². The summed E-state index contributed by atoms with van der Waals surface area (Å²) in [5.41, 5.74) is 5.60. The van der Waals surface area contributed by atoms with Gasteiger partial charge in [0, 0.05) is 5.39 Å². The molecule has 0 fully saturated rings. The monoisotopic (exact) mass is 1170 g/mol. The smallest absolute Gasteiger partial charge is 0.343 e. The molecule has 0 aliphatic rings. The van der Waals surface area contributed by atoms with Crippen molar-refractivity contribution in [3.8, 4) is 51.7 Å². The topological polar surface area (TPSA) is 134 Å². The SMILES string of the molecule is O=C(Oc1cc2cc3ccccc3cc2c(OC(=O)c2ccc(OCc3ccccc3)c(OCc3ccccc3)c2)c1OC(=O)c1ccc(OCc2ccccc2)c(OCc2ccccc2)c1)c1ccc(OCc2ccccc2)c(OCc2ccccc2)c1. The number of fused-ring (bicyclic) bond motifs is 2. The van der Waals surface area contributed by atoms with E-state index >= 15 is 9.59 Å². The van der Waals surface area contributed by atoms with E-state index in [2.05, 4.69) is 0 Å². The van der Waals surface area contributed by atoms with Crippen LogP contribution in [0.25, 0.3) is 21.5 Å². The average Bonchev–Trinajstić information content (AvgIpc) is 2.50. The molecule has 0 unspecified atom stereocenters. The van der Waals surface area contributed by atoms with E-state index in [0.717, 1.165) is 44.2 Å². The Balaban J connectivity index is 0.945. The molecule has 0 bridgehead atoms. The third-order valence-corrected chi connectivity index (χ3v) is 14.4. The molecule has 438 valence electrons. The summed E-state index contributed by atoms with van der Waals surface area (Å²) in [5.74, 6) is -1.52. The molecular weight excluding hydrogens is 1120 g/mol. The summed E-state index contributed by atoms with van der Waals surface area (Å²) in [4.78, 5) is 45.1. The Morgan fingerprint density at radius 3 is 0.843 bits per heavy atom. The van der Waals surface area contributed by atoms with Crippen molar-refractivity contribution >= 4 is 39.5 Å². The van der Waals surface area contributed by atoms with Crippen molar-refractivity contribution in [2.24, 2.45) is 0 Å². The maximum Gasteiger partial charge on any atom is 0.343 e. The van der Waals surface area contributed by atoms with Crippen molar-refractivity contribution in [3.63, 3.8) is 0 Å². The van der Waals surface area contributed by atoms with E-state index < -0.39 is 17.9 Å². The van der Waals surface area contributed by atoms with Crippen LogP contribution < -0.4 is 42.6 Å². The van der Waals surface area contributed by atoms with Crippen LogP contribution in [0, 0.1) is 0 Å². The fraction of sp³-hybridized carbons (Fsp3) is 0.0779.